The van der Waals surface area contributed by atoms with E-state index < -0.39 is 5.91 Å². The lowest BCUT2D eigenvalue weighted by Gasteiger charge is -2.11. The van der Waals surface area contributed by atoms with E-state index in [4.69, 9.17) is 15.6 Å². The van der Waals surface area contributed by atoms with Crippen molar-refractivity contribution in [3.63, 3.8) is 0 Å². The Balaban J connectivity index is 2.29. The Hall–Kier alpha value is -1.59. The monoisotopic (exact) mass is 266 g/mol. The Kier molecular flexibility index (Phi) is 6.92. The first-order valence-corrected chi connectivity index (χ1v) is 6.43. The maximum atomic E-state index is 10.6. The summed E-state index contributed by atoms with van der Waals surface area (Å²) in [7, 11) is 0. The normalized spacial score (nSPS) is 12.1. The molecule has 0 heterocycles. The molecule has 106 valence electrons. The first-order chi connectivity index (χ1) is 9.11. The molecule has 0 radical (unpaired) electrons. The van der Waals surface area contributed by atoms with Crippen molar-refractivity contribution in [2.24, 2.45) is 11.7 Å². The fraction of sp³-hybridized carbons (Fsp3) is 0.500. The van der Waals surface area contributed by atoms with E-state index in [0.29, 0.717) is 11.7 Å². The summed E-state index contributed by atoms with van der Waals surface area (Å²) in [5.74, 6) is 0.614. The molecule has 0 fully saturated rings. The van der Waals surface area contributed by atoms with Gasteiger partial charge in [0.2, 0.25) is 0 Å². The van der Waals surface area contributed by atoms with Gasteiger partial charge in [-0.15, -0.1) is 0 Å². The molecule has 0 aliphatic rings. The quantitative estimate of drug-likeness (QED) is 0.613. The Morgan fingerprint density at radius 1 is 1.42 bits per heavy atom. The maximum Gasteiger partial charge on any atom is 0.255 e. The number of hydrogen-bond acceptors (Lipinski definition) is 4. The molecule has 1 aromatic rings. The highest BCUT2D eigenvalue weighted by Crippen LogP contribution is 2.12. The van der Waals surface area contributed by atoms with Crippen LogP contribution in [0.4, 0.5) is 0 Å². The van der Waals surface area contributed by atoms with Gasteiger partial charge in [0, 0.05) is 13.2 Å². The van der Waals surface area contributed by atoms with Crippen LogP contribution in [0.5, 0.6) is 5.75 Å². The zero-order valence-corrected chi connectivity index (χ0v) is 11.3. The van der Waals surface area contributed by atoms with Gasteiger partial charge in [0.05, 0.1) is 0 Å². The van der Waals surface area contributed by atoms with Gasteiger partial charge in [-0.1, -0.05) is 19.1 Å². The van der Waals surface area contributed by atoms with E-state index in [-0.39, 0.29) is 13.2 Å². The number of aliphatic hydroxyl groups excluding tert-OH is 1. The number of carbonyl (C=O) groups is 1. The number of amides is 1. The number of aliphatic hydroxyl groups is 1. The number of nitrogens with two attached hydrogens (primary N) is 1. The molecule has 1 amide bonds. The number of hydrogen-bond donors (Lipinski definition) is 3. The molecule has 0 spiro atoms. The number of carbonyl (C=O) groups excluding carboxylic acids is 1. The lowest BCUT2D eigenvalue weighted by atomic mass is 10.1. The van der Waals surface area contributed by atoms with Gasteiger partial charge in [0.25, 0.3) is 5.91 Å². The number of nitrogens with one attached hydrogen (secondary N) is 1. The average molecular weight is 266 g/mol. The lowest BCUT2D eigenvalue weighted by Crippen LogP contribution is -2.21. The highest BCUT2D eigenvalue weighted by molar-refractivity contribution is 5.75. The summed E-state index contributed by atoms with van der Waals surface area (Å²) in [5.41, 5.74) is 6.14. The van der Waals surface area contributed by atoms with Crippen molar-refractivity contribution in [3.05, 3.63) is 29.8 Å². The zero-order chi connectivity index (χ0) is 14.1. The SMILES string of the molecule is CC(CCO)CNCc1ccc(OCC(N)=O)cc1. The molecule has 0 saturated carbocycles. The van der Waals surface area contributed by atoms with Crippen LogP contribution in [0.15, 0.2) is 24.3 Å². The van der Waals surface area contributed by atoms with Gasteiger partial charge in [-0.3, -0.25) is 4.79 Å². The second-order valence-electron chi connectivity index (χ2n) is 4.65. The van der Waals surface area contributed by atoms with Crippen molar-refractivity contribution >= 4 is 5.91 Å². The molecular formula is C14H22N2O3. The van der Waals surface area contributed by atoms with Crippen molar-refractivity contribution in [3.8, 4) is 5.75 Å². The first-order valence-electron chi connectivity index (χ1n) is 6.43. The van der Waals surface area contributed by atoms with E-state index in [9.17, 15) is 4.79 Å². The summed E-state index contributed by atoms with van der Waals surface area (Å²) < 4.78 is 5.17. The van der Waals surface area contributed by atoms with Crippen LogP contribution in [0, 0.1) is 5.92 Å². The van der Waals surface area contributed by atoms with Crippen LogP contribution in [0.1, 0.15) is 18.9 Å². The van der Waals surface area contributed by atoms with Crippen LogP contribution in [0.25, 0.3) is 0 Å². The van der Waals surface area contributed by atoms with Crippen molar-refractivity contribution in [2.75, 3.05) is 19.8 Å². The molecule has 0 aromatic heterocycles. The highest BCUT2D eigenvalue weighted by Gasteiger charge is 2.01. The van der Waals surface area contributed by atoms with Crippen LogP contribution < -0.4 is 15.8 Å². The third-order valence-electron chi connectivity index (χ3n) is 2.75. The van der Waals surface area contributed by atoms with E-state index in [1.165, 1.54) is 0 Å². The van der Waals surface area contributed by atoms with Crippen LogP contribution in [-0.4, -0.2) is 30.8 Å². The summed E-state index contributed by atoms with van der Waals surface area (Å²) in [4.78, 5) is 10.6. The second-order valence-corrected chi connectivity index (χ2v) is 4.65. The van der Waals surface area contributed by atoms with E-state index in [0.717, 1.165) is 25.1 Å². The van der Waals surface area contributed by atoms with E-state index in [1.807, 2.05) is 24.3 Å². The topological polar surface area (TPSA) is 84.6 Å². The molecule has 1 unspecified atom stereocenters. The molecule has 19 heavy (non-hydrogen) atoms. The molecule has 1 aromatic carbocycles. The molecule has 0 aliphatic heterocycles. The molecular weight excluding hydrogens is 244 g/mol. The first kappa shape index (κ1) is 15.5. The molecule has 1 rings (SSSR count). The van der Waals surface area contributed by atoms with Gasteiger partial charge in [-0.05, 0) is 36.6 Å². The summed E-state index contributed by atoms with van der Waals surface area (Å²) in [6.45, 7) is 3.88. The Morgan fingerprint density at radius 2 is 2.11 bits per heavy atom. The van der Waals surface area contributed by atoms with Gasteiger partial charge in [0.1, 0.15) is 5.75 Å². The molecule has 0 bridgehead atoms. The zero-order valence-electron chi connectivity index (χ0n) is 11.3. The molecule has 0 aliphatic carbocycles. The van der Waals surface area contributed by atoms with Crippen molar-refractivity contribution in [1.29, 1.82) is 0 Å². The van der Waals surface area contributed by atoms with Gasteiger partial charge in [-0.25, -0.2) is 0 Å². The average Bonchev–Trinajstić information content (AvgIpc) is 2.38. The molecule has 1 atom stereocenters. The summed E-state index contributed by atoms with van der Waals surface area (Å²) in [6.07, 6.45) is 0.812. The van der Waals surface area contributed by atoms with Crippen LogP contribution >= 0.6 is 0 Å². The summed E-state index contributed by atoms with van der Waals surface area (Å²) in [6, 6.07) is 7.52. The minimum absolute atomic E-state index is 0.101. The van der Waals surface area contributed by atoms with Crippen molar-refractivity contribution < 1.29 is 14.6 Å². The third-order valence-corrected chi connectivity index (χ3v) is 2.75. The lowest BCUT2D eigenvalue weighted by molar-refractivity contribution is -0.119. The standard InChI is InChI=1S/C14H22N2O3/c1-11(6-7-17)8-16-9-12-2-4-13(5-3-12)19-10-14(15)18/h2-5,11,16-17H,6-10H2,1H3,(H2,15,18). The van der Waals surface area contributed by atoms with Crippen molar-refractivity contribution in [2.45, 2.75) is 19.9 Å². The molecule has 5 heteroatoms. The predicted octanol–water partition coefficient (Wildman–Crippen LogP) is 0.659. The molecule has 4 N–H and O–H groups in total. The number of benzene rings is 1. The van der Waals surface area contributed by atoms with Crippen LogP contribution in [0.3, 0.4) is 0 Å². The van der Waals surface area contributed by atoms with Crippen LogP contribution in [0.2, 0.25) is 0 Å². The minimum Gasteiger partial charge on any atom is -0.484 e. The van der Waals surface area contributed by atoms with Crippen LogP contribution in [-0.2, 0) is 11.3 Å². The smallest absolute Gasteiger partial charge is 0.255 e. The van der Waals surface area contributed by atoms with Gasteiger partial charge < -0.3 is 20.9 Å². The Morgan fingerprint density at radius 3 is 2.68 bits per heavy atom. The largest absolute Gasteiger partial charge is 0.484 e. The third kappa shape index (κ3) is 6.79. The molecule has 5 nitrogen and oxygen atoms in total. The van der Waals surface area contributed by atoms with E-state index in [2.05, 4.69) is 12.2 Å². The fourth-order valence-corrected chi connectivity index (χ4v) is 1.64. The van der Waals surface area contributed by atoms with E-state index >= 15 is 0 Å². The van der Waals surface area contributed by atoms with Gasteiger partial charge >= 0.3 is 0 Å². The number of primary amides is 1. The molecule has 0 saturated heterocycles. The Labute approximate surface area is 113 Å². The van der Waals surface area contributed by atoms with Gasteiger partial charge in [0.15, 0.2) is 6.61 Å². The predicted molar refractivity (Wildman–Crippen MR) is 73.7 cm³/mol. The summed E-state index contributed by atoms with van der Waals surface area (Å²) in [5, 5.41) is 12.1. The van der Waals surface area contributed by atoms with Gasteiger partial charge in [-0.2, -0.15) is 0 Å². The maximum absolute atomic E-state index is 10.6. The number of ether oxygens (including phenoxy) is 1. The summed E-state index contributed by atoms with van der Waals surface area (Å²) >= 11 is 0. The Bertz CT molecular complexity index is 379. The van der Waals surface area contributed by atoms with E-state index in [1.54, 1.807) is 0 Å². The number of rotatable bonds is 9. The fourth-order valence-electron chi connectivity index (χ4n) is 1.64. The minimum atomic E-state index is -0.483. The van der Waals surface area contributed by atoms with Crippen molar-refractivity contribution in [1.82, 2.24) is 5.32 Å². The second kappa shape index (κ2) is 8.50. The highest BCUT2D eigenvalue weighted by atomic mass is 16.5.